The van der Waals surface area contributed by atoms with Crippen molar-refractivity contribution in [2.45, 2.75) is 45.6 Å². The molecule has 0 aliphatic heterocycles. The van der Waals surface area contributed by atoms with Gasteiger partial charge in [-0.2, -0.15) is 5.10 Å². The standard InChI is InChI=1S/C26H28F2N6O/c1-4-17-11-21(35-3)24(28)25(23(17)27)32-22-10-9-19-26(34(22)14-16-7-5-6-8-16)31-20(13-29-19)18-12-30-33(2)15-18/h9-13,15-16H,4-8,14H2,1-3H3/b32-22+. The maximum absolute atomic E-state index is 15.2. The van der Waals surface area contributed by atoms with E-state index in [0.29, 0.717) is 46.8 Å². The molecule has 1 aliphatic rings. The number of aryl methyl sites for hydroxylation is 2. The van der Waals surface area contributed by atoms with Crippen LogP contribution < -0.4 is 10.2 Å². The quantitative estimate of drug-likeness (QED) is 0.386. The van der Waals surface area contributed by atoms with Crippen molar-refractivity contribution in [3.8, 4) is 17.0 Å². The lowest BCUT2D eigenvalue weighted by Crippen LogP contribution is -2.25. The lowest BCUT2D eigenvalue weighted by atomic mass is 10.1. The zero-order chi connectivity index (χ0) is 24.5. The average Bonchev–Trinajstić information content (AvgIpc) is 3.54. The Balaban J connectivity index is 1.75. The van der Waals surface area contributed by atoms with Crippen LogP contribution in [0.25, 0.3) is 22.4 Å². The third-order valence-corrected chi connectivity index (χ3v) is 6.67. The van der Waals surface area contributed by atoms with E-state index in [1.54, 1.807) is 29.2 Å². The molecule has 0 saturated heterocycles. The Kier molecular flexibility index (Phi) is 6.32. The molecule has 4 aromatic rings. The van der Waals surface area contributed by atoms with Crippen molar-refractivity contribution < 1.29 is 13.5 Å². The number of pyridine rings is 1. The number of halogens is 2. The van der Waals surface area contributed by atoms with Crippen LogP contribution in [0.4, 0.5) is 14.5 Å². The van der Waals surface area contributed by atoms with Gasteiger partial charge >= 0.3 is 0 Å². The first-order chi connectivity index (χ1) is 17.0. The highest BCUT2D eigenvalue weighted by Gasteiger charge is 2.21. The fraction of sp³-hybridized carbons (Fsp3) is 0.385. The summed E-state index contributed by atoms with van der Waals surface area (Å²) in [6.45, 7) is 2.46. The van der Waals surface area contributed by atoms with Crippen LogP contribution >= 0.6 is 0 Å². The molecule has 5 rings (SSSR count). The summed E-state index contributed by atoms with van der Waals surface area (Å²) >= 11 is 0. The summed E-state index contributed by atoms with van der Waals surface area (Å²) in [5.41, 5.74) is 3.26. The van der Waals surface area contributed by atoms with Gasteiger partial charge in [-0.15, -0.1) is 0 Å². The molecule has 1 aromatic carbocycles. The molecule has 0 spiro atoms. The molecule has 1 saturated carbocycles. The molecule has 0 N–H and O–H groups in total. The molecule has 1 aliphatic carbocycles. The Morgan fingerprint density at radius 3 is 2.63 bits per heavy atom. The molecule has 0 amide bonds. The fourth-order valence-electron chi connectivity index (χ4n) is 4.75. The molecular formula is C26H28F2N6O. The second kappa shape index (κ2) is 9.56. The molecule has 182 valence electrons. The van der Waals surface area contributed by atoms with E-state index in [0.717, 1.165) is 18.4 Å². The van der Waals surface area contributed by atoms with Gasteiger partial charge in [0.25, 0.3) is 0 Å². The first kappa shape index (κ1) is 23.1. The van der Waals surface area contributed by atoms with Crippen molar-refractivity contribution in [2.75, 3.05) is 7.11 Å². The number of hydrogen-bond acceptors (Lipinski definition) is 5. The summed E-state index contributed by atoms with van der Waals surface area (Å²) < 4.78 is 39.2. The van der Waals surface area contributed by atoms with Crippen molar-refractivity contribution in [2.24, 2.45) is 18.0 Å². The number of fused-ring (bicyclic) bond motifs is 1. The molecule has 0 atom stereocenters. The summed E-state index contributed by atoms with van der Waals surface area (Å²) in [6.07, 6.45) is 10.3. The molecule has 0 unspecified atom stereocenters. The van der Waals surface area contributed by atoms with E-state index in [1.165, 1.54) is 26.0 Å². The normalized spacial score (nSPS) is 14.8. The maximum Gasteiger partial charge on any atom is 0.193 e. The van der Waals surface area contributed by atoms with Gasteiger partial charge in [-0.25, -0.2) is 18.8 Å². The van der Waals surface area contributed by atoms with Gasteiger partial charge in [0.1, 0.15) is 16.7 Å². The van der Waals surface area contributed by atoms with Gasteiger partial charge in [0.2, 0.25) is 0 Å². The minimum atomic E-state index is -0.815. The van der Waals surface area contributed by atoms with Crippen molar-refractivity contribution in [3.63, 3.8) is 0 Å². The van der Waals surface area contributed by atoms with Crippen LogP contribution in [0.3, 0.4) is 0 Å². The third-order valence-electron chi connectivity index (χ3n) is 6.67. The van der Waals surface area contributed by atoms with E-state index in [-0.39, 0.29) is 11.4 Å². The summed E-state index contributed by atoms with van der Waals surface area (Å²) in [5, 5.41) is 4.23. The van der Waals surface area contributed by atoms with Crippen LogP contribution in [0.15, 0.2) is 41.8 Å². The number of hydrogen-bond donors (Lipinski definition) is 0. The highest BCUT2D eigenvalue weighted by Crippen LogP contribution is 2.33. The van der Waals surface area contributed by atoms with Gasteiger partial charge in [0, 0.05) is 25.4 Å². The highest BCUT2D eigenvalue weighted by atomic mass is 19.1. The number of methoxy groups -OCH3 is 1. The minimum absolute atomic E-state index is 0.0243. The minimum Gasteiger partial charge on any atom is -0.494 e. The zero-order valence-corrected chi connectivity index (χ0v) is 20.1. The average molecular weight is 479 g/mol. The smallest absolute Gasteiger partial charge is 0.193 e. The summed E-state index contributed by atoms with van der Waals surface area (Å²) in [6, 6.07) is 4.93. The lowest BCUT2D eigenvalue weighted by Gasteiger charge is -2.16. The predicted molar refractivity (Wildman–Crippen MR) is 129 cm³/mol. The molecule has 3 aromatic heterocycles. The van der Waals surface area contributed by atoms with E-state index in [4.69, 9.17) is 9.72 Å². The van der Waals surface area contributed by atoms with Crippen LogP contribution in [0.1, 0.15) is 38.2 Å². The van der Waals surface area contributed by atoms with Crippen LogP contribution in [0, 0.1) is 17.6 Å². The Morgan fingerprint density at radius 1 is 1.14 bits per heavy atom. The maximum atomic E-state index is 15.2. The second-order valence-corrected chi connectivity index (χ2v) is 9.00. The SMILES string of the molecule is CCc1cc(OC)c(F)c(/N=c2\ccc3ncc(-c4cnn(C)c4)nc3n2CC2CCCC2)c1F. The number of rotatable bonds is 6. The molecule has 7 nitrogen and oxygen atoms in total. The highest BCUT2D eigenvalue weighted by molar-refractivity contribution is 5.73. The zero-order valence-electron chi connectivity index (χ0n) is 20.1. The summed E-state index contributed by atoms with van der Waals surface area (Å²) in [5.74, 6) is -1.07. The summed E-state index contributed by atoms with van der Waals surface area (Å²) in [7, 11) is 3.21. The van der Waals surface area contributed by atoms with Gasteiger partial charge in [-0.05, 0) is 48.9 Å². The molecule has 3 heterocycles. The lowest BCUT2D eigenvalue weighted by molar-refractivity contribution is 0.383. The third kappa shape index (κ3) is 4.42. The predicted octanol–water partition coefficient (Wildman–Crippen LogP) is 5.10. The largest absolute Gasteiger partial charge is 0.494 e. The molecular weight excluding hydrogens is 450 g/mol. The van der Waals surface area contributed by atoms with E-state index < -0.39 is 11.6 Å². The van der Waals surface area contributed by atoms with Crippen molar-refractivity contribution in [1.82, 2.24) is 24.3 Å². The van der Waals surface area contributed by atoms with Crippen LogP contribution in [0.5, 0.6) is 5.75 Å². The fourth-order valence-corrected chi connectivity index (χ4v) is 4.75. The Labute approximate surface area is 202 Å². The number of aromatic nitrogens is 5. The number of ether oxygens (including phenoxy) is 1. The number of nitrogens with zero attached hydrogens (tertiary/aromatic N) is 6. The molecule has 0 radical (unpaired) electrons. The van der Waals surface area contributed by atoms with Gasteiger partial charge in [-0.1, -0.05) is 19.8 Å². The first-order valence-electron chi connectivity index (χ1n) is 11.9. The van der Waals surface area contributed by atoms with Gasteiger partial charge in [0.15, 0.2) is 23.0 Å². The van der Waals surface area contributed by atoms with Crippen LogP contribution in [-0.4, -0.2) is 31.4 Å². The van der Waals surface area contributed by atoms with Crippen molar-refractivity contribution in [3.05, 3.63) is 59.5 Å². The van der Waals surface area contributed by atoms with E-state index in [9.17, 15) is 0 Å². The molecule has 35 heavy (non-hydrogen) atoms. The van der Waals surface area contributed by atoms with Crippen LogP contribution in [0.2, 0.25) is 0 Å². The van der Waals surface area contributed by atoms with E-state index >= 15 is 8.78 Å². The monoisotopic (exact) mass is 478 g/mol. The molecule has 1 fully saturated rings. The van der Waals surface area contributed by atoms with Gasteiger partial charge in [-0.3, -0.25) is 9.67 Å². The number of benzene rings is 1. The van der Waals surface area contributed by atoms with E-state index in [1.807, 2.05) is 24.7 Å². The topological polar surface area (TPSA) is 70.1 Å². The van der Waals surface area contributed by atoms with Crippen molar-refractivity contribution >= 4 is 16.9 Å². The molecule has 0 bridgehead atoms. The van der Waals surface area contributed by atoms with Gasteiger partial charge in [0.05, 0.1) is 25.2 Å². The summed E-state index contributed by atoms with van der Waals surface area (Å²) in [4.78, 5) is 14.0. The Morgan fingerprint density at radius 2 is 1.94 bits per heavy atom. The molecule has 9 heteroatoms. The Hall–Kier alpha value is -3.62. The van der Waals surface area contributed by atoms with Crippen molar-refractivity contribution in [1.29, 1.82) is 0 Å². The van der Waals surface area contributed by atoms with E-state index in [2.05, 4.69) is 15.1 Å². The Bertz CT molecular complexity index is 1420. The second-order valence-electron chi connectivity index (χ2n) is 9.00. The van der Waals surface area contributed by atoms with Crippen LogP contribution in [-0.2, 0) is 20.0 Å². The first-order valence-corrected chi connectivity index (χ1v) is 11.9. The van der Waals surface area contributed by atoms with Gasteiger partial charge < -0.3 is 9.30 Å².